The zero-order valence-electron chi connectivity index (χ0n) is 12.4. The van der Waals surface area contributed by atoms with E-state index in [1.165, 1.54) is 12.7 Å². The molecule has 1 saturated heterocycles. The first-order chi connectivity index (χ1) is 11.1. The topological polar surface area (TPSA) is 101 Å². The predicted molar refractivity (Wildman–Crippen MR) is 84.9 cm³/mol. The third-order valence-corrected chi connectivity index (χ3v) is 3.91. The van der Waals surface area contributed by atoms with Gasteiger partial charge >= 0.3 is 5.69 Å². The fraction of sp³-hybridized carbons (Fsp3) is 0.385. The van der Waals surface area contributed by atoms with Crippen molar-refractivity contribution in [2.24, 2.45) is 0 Å². The Morgan fingerprint density at radius 3 is 2.39 bits per heavy atom. The SMILES string of the molecule is Cc1cc(N2CCN(c3ncnc(Cl)c3[N+](=O)[O-])CC2)ncn1. The van der Waals surface area contributed by atoms with E-state index in [1.54, 1.807) is 0 Å². The van der Waals surface area contributed by atoms with Crippen molar-refractivity contribution in [2.45, 2.75) is 6.92 Å². The van der Waals surface area contributed by atoms with Crippen molar-refractivity contribution in [3.05, 3.63) is 39.7 Å². The van der Waals surface area contributed by atoms with Gasteiger partial charge in [0.2, 0.25) is 11.0 Å². The summed E-state index contributed by atoms with van der Waals surface area (Å²) in [5, 5.41) is 11.1. The van der Waals surface area contributed by atoms with Gasteiger partial charge in [0, 0.05) is 37.9 Å². The summed E-state index contributed by atoms with van der Waals surface area (Å²) in [6.07, 6.45) is 2.77. The van der Waals surface area contributed by atoms with Gasteiger partial charge in [-0.05, 0) is 6.92 Å². The summed E-state index contributed by atoms with van der Waals surface area (Å²) in [6.45, 7) is 4.42. The van der Waals surface area contributed by atoms with Crippen LogP contribution in [0.15, 0.2) is 18.7 Å². The molecule has 9 nitrogen and oxygen atoms in total. The summed E-state index contributed by atoms with van der Waals surface area (Å²) in [5.41, 5.74) is 0.649. The summed E-state index contributed by atoms with van der Waals surface area (Å²) in [4.78, 5) is 30.7. The average molecular weight is 336 g/mol. The third-order valence-electron chi connectivity index (χ3n) is 3.63. The number of nitro groups is 1. The van der Waals surface area contributed by atoms with Crippen molar-refractivity contribution < 1.29 is 4.92 Å². The van der Waals surface area contributed by atoms with Crippen LogP contribution in [-0.4, -0.2) is 51.0 Å². The average Bonchev–Trinajstić information content (AvgIpc) is 2.54. The highest BCUT2D eigenvalue weighted by molar-refractivity contribution is 6.31. The molecule has 1 fully saturated rings. The van der Waals surface area contributed by atoms with E-state index in [0.29, 0.717) is 26.2 Å². The van der Waals surface area contributed by atoms with E-state index < -0.39 is 4.92 Å². The molecular weight excluding hydrogens is 322 g/mol. The summed E-state index contributed by atoms with van der Waals surface area (Å²) in [6, 6.07) is 1.92. The van der Waals surface area contributed by atoms with Crippen LogP contribution < -0.4 is 9.80 Å². The molecule has 0 amide bonds. The maximum Gasteiger partial charge on any atom is 0.348 e. The number of aromatic nitrogens is 4. The van der Waals surface area contributed by atoms with E-state index in [2.05, 4.69) is 24.8 Å². The van der Waals surface area contributed by atoms with Crippen molar-refractivity contribution in [1.29, 1.82) is 0 Å². The lowest BCUT2D eigenvalue weighted by atomic mass is 10.3. The number of aryl methyl sites for hydroxylation is 1. The van der Waals surface area contributed by atoms with Gasteiger partial charge in [0.15, 0.2) is 0 Å². The normalized spacial score (nSPS) is 14.9. The summed E-state index contributed by atoms with van der Waals surface area (Å²) in [7, 11) is 0. The molecule has 2 aromatic rings. The molecule has 0 saturated carbocycles. The van der Waals surface area contributed by atoms with Crippen LogP contribution in [0.25, 0.3) is 0 Å². The molecule has 0 atom stereocenters. The van der Waals surface area contributed by atoms with Gasteiger partial charge in [-0.3, -0.25) is 10.1 Å². The Morgan fingerprint density at radius 1 is 1.09 bits per heavy atom. The Balaban J connectivity index is 1.77. The predicted octanol–water partition coefficient (Wildman–Crippen LogP) is 1.46. The monoisotopic (exact) mass is 335 g/mol. The molecule has 0 aliphatic carbocycles. The third kappa shape index (κ3) is 3.14. The standard InChI is InChI=1S/C13H14ClN7O2/c1-9-6-10(16-7-15-9)19-2-4-20(5-3-19)13-11(21(22)23)12(14)17-8-18-13/h6-8H,2-5H2,1H3. The number of hydrogen-bond acceptors (Lipinski definition) is 8. The number of anilines is 2. The van der Waals surface area contributed by atoms with Gasteiger partial charge in [-0.1, -0.05) is 11.6 Å². The van der Waals surface area contributed by atoms with Crippen LogP contribution in [0, 0.1) is 17.0 Å². The van der Waals surface area contributed by atoms with E-state index in [-0.39, 0.29) is 16.7 Å². The first kappa shape index (κ1) is 15.3. The fourth-order valence-electron chi connectivity index (χ4n) is 2.50. The van der Waals surface area contributed by atoms with E-state index in [4.69, 9.17) is 11.6 Å². The second-order valence-electron chi connectivity index (χ2n) is 5.09. The lowest BCUT2D eigenvalue weighted by Gasteiger charge is -2.35. The lowest BCUT2D eigenvalue weighted by Crippen LogP contribution is -2.47. The van der Waals surface area contributed by atoms with Crippen LogP contribution in [0.4, 0.5) is 17.3 Å². The van der Waals surface area contributed by atoms with Gasteiger partial charge in [0.25, 0.3) is 0 Å². The quantitative estimate of drug-likeness (QED) is 0.472. The van der Waals surface area contributed by atoms with Crippen LogP contribution in [0.3, 0.4) is 0 Å². The highest BCUT2D eigenvalue weighted by Crippen LogP contribution is 2.32. The van der Waals surface area contributed by atoms with Crippen LogP contribution >= 0.6 is 11.6 Å². The van der Waals surface area contributed by atoms with Crippen molar-refractivity contribution in [1.82, 2.24) is 19.9 Å². The number of halogens is 1. The molecule has 3 heterocycles. The van der Waals surface area contributed by atoms with E-state index in [1.807, 2.05) is 17.9 Å². The molecular formula is C13H14ClN7O2. The first-order valence-corrected chi connectivity index (χ1v) is 7.37. The summed E-state index contributed by atoms with van der Waals surface area (Å²) >= 11 is 5.84. The molecule has 1 aliphatic heterocycles. The summed E-state index contributed by atoms with van der Waals surface area (Å²) < 4.78 is 0. The van der Waals surface area contributed by atoms with Crippen molar-refractivity contribution in [2.75, 3.05) is 36.0 Å². The molecule has 0 radical (unpaired) electrons. The smallest absolute Gasteiger partial charge is 0.348 e. The van der Waals surface area contributed by atoms with Crippen molar-refractivity contribution in [3.8, 4) is 0 Å². The lowest BCUT2D eigenvalue weighted by molar-refractivity contribution is -0.384. The minimum atomic E-state index is -0.544. The molecule has 0 N–H and O–H groups in total. The van der Waals surface area contributed by atoms with Gasteiger partial charge < -0.3 is 9.80 Å². The van der Waals surface area contributed by atoms with E-state index in [9.17, 15) is 10.1 Å². The van der Waals surface area contributed by atoms with Crippen molar-refractivity contribution >= 4 is 28.9 Å². The van der Waals surface area contributed by atoms with Gasteiger partial charge in [0.05, 0.1) is 4.92 Å². The Bertz CT molecular complexity index is 734. The maximum absolute atomic E-state index is 11.2. The molecule has 3 rings (SSSR count). The van der Waals surface area contributed by atoms with Gasteiger partial charge in [-0.15, -0.1) is 0 Å². The number of nitrogens with zero attached hydrogens (tertiary/aromatic N) is 7. The van der Waals surface area contributed by atoms with Crippen LogP contribution in [-0.2, 0) is 0 Å². The molecule has 0 bridgehead atoms. The Kier molecular flexibility index (Phi) is 4.20. The van der Waals surface area contributed by atoms with Crippen LogP contribution in [0.5, 0.6) is 0 Å². The zero-order valence-corrected chi connectivity index (χ0v) is 13.1. The van der Waals surface area contributed by atoms with Gasteiger partial charge in [-0.2, -0.15) is 0 Å². The second-order valence-corrected chi connectivity index (χ2v) is 5.44. The zero-order chi connectivity index (χ0) is 16.4. The Morgan fingerprint density at radius 2 is 1.74 bits per heavy atom. The first-order valence-electron chi connectivity index (χ1n) is 6.99. The second kappa shape index (κ2) is 6.29. The maximum atomic E-state index is 11.2. The highest BCUT2D eigenvalue weighted by Gasteiger charge is 2.28. The molecule has 23 heavy (non-hydrogen) atoms. The Hall–Kier alpha value is -2.55. The molecule has 0 aromatic carbocycles. The summed E-state index contributed by atoms with van der Waals surface area (Å²) in [5.74, 6) is 1.11. The molecule has 10 heteroatoms. The van der Waals surface area contributed by atoms with Crippen LogP contribution in [0.2, 0.25) is 5.15 Å². The number of piperazine rings is 1. The highest BCUT2D eigenvalue weighted by atomic mass is 35.5. The minimum Gasteiger partial charge on any atom is -0.353 e. The fourth-order valence-corrected chi connectivity index (χ4v) is 2.70. The molecule has 0 unspecified atom stereocenters. The minimum absolute atomic E-state index is 0.145. The van der Waals surface area contributed by atoms with E-state index >= 15 is 0 Å². The van der Waals surface area contributed by atoms with E-state index in [0.717, 1.165) is 11.5 Å². The largest absolute Gasteiger partial charge is 0.353 e. The molecule has 0 spiro atoms. The Labute approximate surface area is 137 Å². The van der Waals surface area contributed by atoms with Gasteiger partial charge in [0.1, 0.15) is 18.5 Å². The molecule has 1 aliphatic rings. The van der Waals surface area contributed by atoms with Gasteiger partial charge in [-0.25, -0.2) is 19.9 Å². The number of rotatable bonds is 3. The molecule has 2 aromatic heterocycles. The molecule has 120 valence electrons. The van der Waals surface area contributed by atoms with Crippen molar-refractivity contribution in [3.63, 3.8) is 0 Å². The number of hydrogen-bond donors (Lipinski definition) is 0. The van der Waals surface area contributed by atoms with Crippen LogP contribution in [0.1, 0.15) is 5.69 Å².